The van der Waals surface area contributed by atoms with Crippen molar-refractivity contribution in [3.05, 3.63) is 35.9 Å². The Bertz CT molecular complexity index is 495. The second-order valence-corrected chi connectivity index (χ2v) is 7.51. The Morgan fingerprint density at radius 3 is 2.59 bits per heavy atom. The van der Waals surface area contributed by atoms with E-state index in [-0.39, 0.29) is 22.2 Å². The minimum absolute atomic E-state index is 0.158. The Morgan fingerprint density at radius 2 is 1.86 bits per heavy atom. The van der Waals surface area contributed by atoms with Gasteiger partial charge in [-0.2, -0.15) is 0 Å². The maximum Gasteiger partial charge on any atom is 0.169 e. The van der Waals surface area contributed by atoms with Gasteiger partial charge in [0.1, 0.15) is 18.3 Å². The summed E-state index contributed by atoms with van der Waals surface area (Å²) in [5, 5.41) is 10.1. The Balaban J connectivity index is 1.60. The number of ether oxygens (including phenoxy) is 4. The van der Waals surface area contributed by atoms with Gasteiger partial charge in [0.2, 0.25) is 0 Å². The largest absolute Gasteiger partial charge is 0.374 e. The van der Waals surface area contributed by atoms with Crippen LogP contribution in [-0.4, -0.2) is 46.0 Å². The number of alkyl halides is 1. The first-order valence-corrected chi connectivity index (χ1v) is 8.66. The molecule has 122 valence electrons. The molecule has 0 aliphatic carbocycles. The number of hydrogen-bond acceptors (Lipinski definition) is 5. The number of rotatable bonds is 4. The predicted molar refractivity (Wildman–Crippen MR) is 88.6 cm³/mol. The number of aliphatic hydroxyl groups excluding tert-OH is 1. The quantitative estimate of drug-likeness (QED) is 0.599. The molecule has 22 heavy (non-hydrogen) atoms. The number of hydrogen-bond donors (Lipinski definition) is 1. The van der Waals surface area contributed by atoms with Gasteiger partial charge >= 0.3 is 0 Å². The van der Waals surface area contributed by atoms with Crippen molar-refractivity contribution in [3.63, 3.8) is 0 Å². The van der Waals surface area contributed by atoms with E-state index in [4.69, 9.17) is 18.9 Å². The highest BCUT2D eigenvalue weighted by molar-refractivity contribution is 14.1. The van der Waals surface area contributed by atoms with Crippen LogP contribution in [-0.2, 0) is 25.6 Å². The van der Waals surface area contributed by atoms with Gasteiger partial charge in [0.25, 0.3) is 0 Å². The van der Waals surface area contributed by atoms with Gasteiger partial charge in [-0.15, -0.1) is 0 Å². The lowest BCUT2D eigenvalue weighted by Gasteiger charge is -2.37. The average Bonchev–Trinajstić information content (AvgIpc) is 2.81. The zero-order valence-electron chi connectivity index (χ0n) is 12.6. The fourth-order valence-corrected chi connectivity index (χ4v) is 3.57. The third-order valence-electron chi connectivity index (χ3n) is 3.82. The molecule has 3 rings (SSSR count). The van der Waals surface area contributed by atoms with Crippen LogP contribution in [0.3, 0.4) is 0 Å². The summed E-state index contributed by atoms with van der Waals surface area (Å²) in [7, 11) is 0. The summed E-state index contributed by atoms with van der Waals surface area (Å²) in [6.07, 6.45) is -1.62. The standard InChI is InChI=1S/C16H21IO5/c1-16(2)21-13-11(20-15(18)12(17)14(13)22-16)9-19-8-10-6-4-3-5-7-10/h3-7,11-15,18H,8-9H2,1-2H3/t11-,12?,13+,14-,15?/m1/s1. The molecule has 0 radical (unpaired) electrons. The monoisotopic (exact) mass is 420 g/mol. The third kappa shape index (κ3) is 3.63. The summed E-state index contributed by atoms with van der Waals surface area (Å²) in [5.74, 6) is -0.663. The van der Waals surface area contributed by atoms with Crippen molar-refractivity contribution < 1.29 is 24.1 Å². The Kier molecular flexibility index (Phi) is 5.06. The van der Waals surface area contributed by atoms with Gasteiger partial charge in [0.15, 0.2) is 12.1 Å². The van der Waals surface area contributed by atoms with Crippen LogP contribution < -0.4 is 0 Å². The van der Waals surface area contributed by atoms with Crippen LogP contribution in [0, 0.1) is 0 Å². The Hall–Kier alpha value is -0.250. The van der Waals surface area contributed by atoms with E-state index in [1.807, 2.05) is 44.2 Å². The van der Waals surface area contributed by atoms with Crippen molar-refractivity contribution in [2.45, 2.75) is 54.8 Å². The van der Waals surface area contributed by atoms with Crippen molar-refractivity contribution in [1.29, 1.82) is 0 Å². The van der Waals surface area contributed by atoms with Gasteiger partial charge < -0.3 is 24.1 Å². The summed E-state index contributed by atoms with van der Waals surface area (Å²) in [5.41, 5.74) is 1.10. The first kappa shape index (κ1) is 16.6. The van der Waals surface area contributed by atoms with E-state index in [1.54, 1.807) is 0 Å². The maximum atomic E-state index is 10.1. The first-order valence-electron chi connectivity index (χ1n) is 7.41. The number of benzene rings is 1. The molecule has 2 aliphatic rings. The van der Waals surface area contributed by atoms with E-state index in [0.717, 1.165) is 5.56 Å². The summed E-state index contributed by atoms with van der Waals surface area (Å²) < 4.78 is 23.1. The molecule has 2 saturated heterocycles. The molecule has 0 spiro atoms. The van der Waals surface area contributed by atoms with E-state index in [9.17, 15) is 5.11 Å². The third-order valence-corrected chi connectivity index (χ3v) is 5.15. The van der Waals surface area contributed by atoms with E-state index in [2.05, 4.69) is 22.6 Å². The van der Waals surface area contributed by atoms with Crippen molar-refractivity contribution >= 4 is 22.6 Å². The number of fused-ring (bicyclic) bond motifs is 1. The van der Waals surface area contributed by atoms with Crippen molar-refractivity contribution in [1.82, 2.24) is 0 Å². The molecule has 0 amide bonds. The van der Waals surface area contributed by atoms with Crippen LogP contribution in [0.5, 0.6) is 0 Å². The smallest absolute Gasteiger partial charge is 0.169 e. The van der Waals surface area contributed by atoms with Crippen molar-refractivity contribution in [2.24, 2.45) is 0 Å². The summed E-state index contributed by atoms with van der Waals surface area (Å²) in [4.78, 5) is 0. The molecule has 0 aromatic heterocycles. The van der Waals surface area contributed by atoms with E-state index in [1.165, 1.54) is 0 Å². The van der Waals surface area contributed by atoms with E-state index < -0.39 is 12.1 Å². The molecular formula is C16H21IO5. The van der Waals surface area contributed by atoms with Crippen molar-refractivity contribution in [2.75, 3.05) is 6.61 Å². The second-order valence-electron chi connectivity index (χ2n) is 6.08. The lowest BCUT2D eigenvalue weighted by atomic mass is 10.0. The molecular weight excluding hydrogens is 399 g/mol. The molecule has 1 aromatic rings. The SMILES string of the molecule is CC1(C)O[C@@H]2[C@H](O1)C(I)C(O)O[C@@H]2COCc1ccccc1. The molecule has 5 atom stereocenters. The molecule has 0 saturated carbocycles. The normalized spacial score (nSPS) is 37.0. The number of halogens is 1. The van der Waals surface area contributed by atoms with E-state index >= 15 is 0 Å². The van der Waals surface area contributed by atoms with Crippen LogP contribution in [0.25, 0.3) is 0 Å². The molecule has 2 aliphatic heterocycles. The van der Waals surface area contributed by atoms with Gasteiger partial charge in [0, 0.05) is 0 Å². The molecule has 5 nitrogen and oxygen atoms in total. The summed E-state index contributed by atoms with van der Waals surface area (Å²) in [6.45, 7) is 4.62. The van der Waals surface area contributed by atoms with Gasteiger partial charge in [-0.3, -0.25) is 0 Å². The lowest BCUT2D eigenvalue weighted by Crippen LogP contribution is -2.55. The highest BCUT2D eigenvalue weighted by Gasteiger charge is 2.54. The van der Waals surface area contributed by atoms with Crippen LogP contribution in [0.4, 0.5) is 0 Å². The molecule has 6 heteroatoms. The zero-order valence-corrected chi connectivity index (χ0v) is 14.8. The van der Waals surface area contributed by atoms with Gasteiger partial charge in [-0.25, -0.2) is 0 Å². The predicted octanol–water partition coefficient (Wildman–Crippen LogP) is 2.24. The highest BCUT2D eigenvalue weighted by Crippen LogP contribution is 2.39. The molecule has 2 heterocycles. The van der Waals surface area contributed by atoms with Crippen LogP contribution in [0.15, 0.2) is 30.3 Å². The average molecular weight is 420 g/mol. The molecule has 0 bridgehead atoms. The Labute approximate surface area is 144 Å². The van der Waals surface area contributed by atoms with E-state index in [0.29, 0.717) is 13.2 Å². The van der Waals surface area contributed by atoms with Crippen LogP contribution in [0.1, 0.15) is 19.4 Å². The molecule has 1 N–H and O–H groups in total. The van der Waals surface area contributed by atoms with Crippen LogP contribution >= 0.6 is 22.6 Å². The topological polar surface area (TPSA) is 57.2 Å². The Morgan fingerprint density at radius 1 is 1.18 bits per heavy atom. The maximum absolute atomic E-state index is 10.1. The number of aliphatic hydroxyl groups is 1. The summed E-state index contributed by atoms with van der Waals surface area (Å²) >= 11 is 2.15. The fourth-order valence-electron chi connectivity index (χ4n) is 2.85. The molecule has 2 unspecified atom stereocenters. The zero-order chi connectivity index (χ0) is 15.7. The minimum Gasteiger partial charge on any atom is -0.374 e. The summed E-state index contributed by atoms with van der Waals surface area (Å²) in [6, 6.07) is 9.96. The minimum atomic E-state index is -0.871. The first-order chi connectivity index (χ1) is 10.5. The molecule has 2 fully saturated rings. The van der Waals surface area contributed by atoms with Crippen LogP contribution in [0.2, 0.25) is 0 Å². The molecule has 1 aromatic carbocycles. The highest BCUT2D eigenvalue weighted by atomic mass is 127. The van der Waals surface area contributed by atoms with Gasteiger partial charge in [-0.1, -0.05) is 52.9 Å². The van der Waals surface area contributed by atoms with Gasteiger partial charge in [0.05, 0.1) is 17.1 Å². The lowest BCUT2D eigenvalue weighted by molar-refractivity contribution is -0.217. The fraction of sp³-hybridized carbons (Fsp3) is 0.625. The van der Waals surface area contributed by atoms with Crippen molar-refractivity contribution in [3.8, 4) is 0 Å². The second kappa shape index (κ2) is 6.70. The van der Waals surface area contributed by atoms with Gasteiger partial charge in [-0.05, 0) is 19.4 Å².